The van der Waals surface area contributed by atoms with E-state index in [-0.39, 0.29) is 23.0 Å². The molecule has 0 bridgehead atoms. The molecule has 114 valence electrons. The number of phenols is 2. The van der Waals surface area contributed by atoms with Gasteiger partial charge in [-0.25, -0.2) is 0 Å². The second-order valence-electron chi connectivity index (χ2n) is 6.12. The van der Waals surface area contributed by atoms with Crippen LogP contribution in [0.4, 0.5) is 0 Å². The number of nitrogens with one attached hydrogen (secondary N) is 1. The lowest BCUT2D eigenvalue weighted by atomic mass is 10.0. The van der Waals surface area contributed by atoms with Gasteiger partial charge in [-0.3, -0.25) is 4.79 Å². The van der Waals surface area contributed by atoms with Gasteiger partial charge in [0.1, 0.15) is 11.5 Å². The zero-order valence-electron chi connectivity index (χ0n) is 12.1. The second kappa shape index (κ2) is 5.93. The van der Waals surface area contributed by atoms with Crippen LogP contribution in [-0.2, 0) is 0 Å². The molecular weight excluding hydrogens is 268 g/mol. The molecule has 0 spiro atoms. The van der Waals surface area contributed by atoms with Crippen molar-refractivity contribution in [1.82, 2.24) is 10.2 Å². The molecule has 1 aromatic carbocycles. The Morgan fingerprint density at radius 3 is 2.57 bits per heavy atom. The summed E-state index contributed by atoms with van der Waals surface area (Å²) < 4.78 is 0. The Balaban J connectivity index is 1.55. The molecule has 3 N–H and O–H groups in total. The van der Waals surface area contributed by atoms with Crippen LogP contribution >= 0.6 is 0 Å². The van der Waals surface area contributed by atoms with Crippen molar-refractivity contribution in [3.8, 4) is 11.5 Å². The van der Waals surface area contributed by atoms with E-state index >= 15 is 0 Å². The van der Waals surface area contributed by atoms with E-state index in [4.69, 9.17) is 0 Å². The first kappa shape index (κ1) is 14.2. The highest BCUT2D eigenvalue weighted by molar-refractivity contribution is 5.97. The van der Waals surface area contributed by atoms with Gasteiger partial charge in [-0.1, -0.05) is 0 Å². The number of aromatic hydroxyl groups is 2. The summed E-state index contributed by atoms with van der Waals surface area (Å²) in [6, 6.07) is 4.55. The molecule has 1 saturated heterocycles. The van der Waals surface area contributed by atoms with Crippen LogP contribution in [0.5, 0.6) is 11.5 Å². The smallest absolute Gasteiger partial charge is 0.257 e. The maximum absolute atomic E-state index is 12.4. The van der Waals surface area contributed by atoms with E-state index in [0.29, 0.717) is 19.1 Å². The van der Waals surface area contributed by atoms with Crippen LogP contribution in [0.15, 0.2) is 18.2 Å². The Labute approximate surface area is 124 Å². The van der Waals surface area contributed by atoms with Crippen molar-refractivity contribution in [3.63, 3.8) is 0 Å². The molecule has 0 atom stereocenters. The topological polar surface area (TPSA) is 72.8 Å². The minimum absolute atomic E-state index is 0.00265. The lowest BCUT2D eigenvalue weighted by Crippen LogP contribution is -2.45. The van der Waals surface area contributed by atoms with Crippen molar-refractivity contribution in [2.75, 3.05) is 19.6 Å². The molecule has 5 nitrogen and oxygen atoms in total. The Morgan fingerprint density at radius 1 is 1.19 bits per heavy atom. The third-order valence-corrected chi connectivity index (χ3v) is 4.38. The van der Waals surface area contributed by atoms with Crippen LogP contribution in [0.1, 0.15) is 36.0 Å². The van der Waals surface area contributed by atoms with Gasteiger partial charge in [-0.2, -0.15) is 0 Å². The van der Waals surface area contributed by atoms with Crippen molar-refractivity contribution in [1.29, 1.82) is 0 Å². The summed E-state index contributed by atoms with van der Waals surface area (Å²) in [5.41, 5.74) is 0.180. The molecule has 1 saturated carbocycles. The number of carbonyl (C=O) groups excluding carboxylic acids is 1. The predicted octanol–water partition coefficient (Wildman–Crippen LogP) is 1.70. The quantitative estimate of drug-likeness (QED) is 0.738. The zero-order chi connectivity index (χ0) is 14.8. The highest BCUT2D eigenvalue weighted by atomic mass is 16.3. The molecule has 1 aliphatic carbocycles. The van der Waals surface area contributed by atoms with Crippen LogP contribution in [0.2, 0.25) is 0 Å². The first-order valence-electron chi connectivity index (χ1n) is 7.68. The van der Waals surface area contributed by atoms with E-state index in [0.717, 1.165) is 25.3 Å². The summed E-state index contributed by atoms with van der Waals surface area (Å²) in [7, 11) is 0. The molecule has 0 aromatic heterocycles. The van der Waals surface area contributed by atoms with Crippen LogP contribution in [-0.4, -0.2) is 46.7 Å². The van der Waals surface area contributed by atoms with Crippen LogP contribution < -0.4 is 5.32 Å². The fourth-order valence-corrected chi connectivity index (χ4v) is 2.81. The highest BCUT2D eigenvalue weighted by Crippen LogP contribution is 2.28. The number of rotatable bonds is 4. The maximum atomic E-state index is 12.4. The summed E-state index contributed by atoms with van der Waals surface area (Å²) in [5, 5.41) is 22.8. The van der Waals surface area contributed by atoms with E-state index in [1.807, 2.05) is 0 Å². The van der Waals surface area contributed by atoms with Crippen molar-refractivity contribution in [2.45, 2.75) is 31.7 Å². The predicted molar refractivity (Wildman–Crippen MR) is 79.4 cm³/mol. The van der Waals surface area contributed by atoms with Gasteiger partial charge in [0.05, 0.1) is 5.56 Å². The molecule has 2 aliphatic rings. The first-order chi connectivity index (χ1) is 10.1. The van der Waals surface area contributed by atoms with Crippen molar-refractivity contribution >= 4 is 5.91 Å². The van der Waals surface area contributed by atoms with E-state index in [2.05, 4.69) is 5.32 Å². The summed E-state index contributed by atoms with van der Waals surface area (Å²) >= 11 is 0. The summed E-state index contributed by atoms with van der Waals surface area (Å²) in [6.45, 7) is 2.48. The van der Waals surface area contributed by atoms with Gasteiger partial charge in [0.2, 0.25) is 0 Å². The molecule has 0 radical (unpaired) electrons. The van der Waals surface area contributed by atoms with Crippen LogP contribution in [0.3, 0.4) is 0 Å². The number of carbonyl (C=O) groups is 1. The van der Waals surface area contributed by atoms with Gasteiger partial charge < -0.3 is 20.4 Å². The second-order valence-corrected chi connectivity index (χ2v) is 6.12. The standard InChI is InChI=1S/C16H22N2O3/c19-13-3-4-15(20)14(9-13)16(21)18-7-5-12(6-8-18)17-10-11-1-2-11/h3-4,9,11-12,17,19-20H,1-2,5-8,10H2. The number of hydrogen-bond acceptors (Lipinski definition) is 4. The number of amides is 1. The highest BCUT2D eigenvalue weighted by Gasteiger charge is 2.27. The SMILES string of the molecule is O=C(c1cc(O)ccc1O)N1CCC(NCC2CC2)CC1. The largest absolute Gasteiger partial charge is 0.508 e. The van der Waals surface area contributed by atoms with E-state index < -0.39 is 0 Å². The number of nitrogens with zero attached hydrogens (tertiary/aromatic N) is 1. The maximum Gasteiger partial charge on any atom is 0.257 e. The van der Waals surface area contributed by atoms with Crippen molar-refractivity contribution in [3.05, 3.63) is 23.8 Å². The van der Waals surface area contributed by atoms with Gasteiger partial charge in [-0.05, 0) is 56.3 Å². The molecule has 5 heteroatoms. The van der Waals surface area contributed by atoms with Gasteiger partial charge in [-0.15, -0.1) is 0 Å². The number of piperidine rings is 1. The molecule has 1 heterocycles. The minimum atomic E-state index is -0.205. The number of benzene rings is 1. The molecule has 3 rings (SSSR count). The lowest BCUT2D eigenvalue weighted by molar-refractivity contribution is 0.0701. The van der Waals surface area contributed by atoms with Gasteiger partial charge in [0.25, 0.3) is 5.91 Å². The van der Waals surface area contributed by atoms with Crippen molar-refractivity contribution in [2.24, 2.45) is 5.92 Å². The molecular formula is C16H22N2O3. The fraction of sp³-hybridized carbons (Fsp3) is 0.562. The number of phenolic OH excluding ortho intramolecular Hbond substituents is 2. The van der Waals surface area contributed by atoms with Crippen LogP contribution in [0.25, 0.3) is 0 Å². The lowest BCUT2D eigenvalue weighted by Gasteiger charge is -2.32. The van der Waals surface area contributed by atoms with Gasteiger partial charge in [0, 0.05) is 19.1 Å². The Kier molecular flexibility index (Phi) is 4.01. The molecule has 1 aromatic rings. The molecule has 2 fully saturated rings. The zero-order valence-corrected chi connectivity index (χ0v) is 12.1. The minimum Gasteiger partial charge on any atom is -0.508 e. The van der Waals surface area contributed by atoms with Gasteiger partial charge in [0.15, 0.2) is 0 Å². The Morgan fingerprint density at radius 2 is 1.90 bits per heavy atom. The van der Waals surface area contributed by atoms with E-state index in [1.54, 1.807) is 4.90 Å². The van der Waals surface area contributed by atoms with E-state index in [9.17, 15) is 15.0 Å². The Bertz CT molecular complexity index is 520. The summed E-state index contributed by atoms with van der Waals surface area (Å²) in [4.78, 5) is 14.1. The van der Waals surface area contributed by atoms with E-state index in [1.165, 1.54) is 31.0 Å². The first-order valence-corrected chi connectivity index (χ1v) is 7.68. The molecule has 0 unspecified atom stereocenters. The summed E-state index contributed by atoms with van der Waals surface area (Å²) in [5.74, 6) is 0.585. The monoisotopic (exact) mass is 290 g/mol. The molecule has 1 amide bonds. The third kappa shape index (κ3) is 3.47. The summed E-state index contributed by atoms with van der Waals surface area (Å²) in [6.07, 6.45) is 4.58. The van der Waals surface area contributed by atoms with Crippen LogP contribution in [0, 0.1) is 5.92 Å². The molecule has 1 aliphatic heterocycles. The average Bonchev–Trinajstić information content (AvgIpc) is 3.32. The average molecular weight is 290 g/mol. The third-order valence-electron chi connectivity index (χ3n) is 4.38. The van der Waals surface area contributed by atoms with Crippen molar-refractivity contribution < 1.29 is 15.0 Å². The number of hydrogen-bond donors (Lipinski definition) is 3. The molecule has 21 heavy (non-hydrogen) atoms. The Hall–Kier alpha value is -1.75. The number of likely N-dealkylation sites (tertiary alicyclic amines) is 1. The van der Waals surface area contributed by atoms with Gasteiger partial charge >= 0.3 is 0 Å². The normalized spacial score (nSPS) is 19.7. The fourth-order valence-electron chi connectivity index (χ4n) is 2.81.